The summed E-state index contributed by atoms with van der Waals surface area (Å²) < 4.78 is 0. The van der Waals surface area contributed by atoms with Crippen molar-refractivity contribution in [1.29, 1.82) is 0 Å². The van der Waals surface area contributed by atoms with Crippen molar-refractivity contribution in [3.05, 3.63) is 0 Å². The molecule has 0 aliphatic carbocycles. The van der Waals surface area contributed by atoms with E-state index >= 15 is 0 Å². The minimum Gasteiger partial charge on any atom is -0.480 e. The van der Waals surface area contributed by atoms with Gasteiger partial charge in [-0.3, -0.25) is 4.79 Å². The van der Waals surface area contributed by atoms with Gasteiger partial charge in [0.25, 0.3) is 0 Å². The molecule has 1 aliphatic heterocycles. The highest BCUT2D eigenvalue weighted by atomic mass is 16.4. The van der Waals surface area contributed by atoms with Crippen LogP contribution < -0.4 is 10.6 Å². The summed E-state index contributed by atoms with van der Waals surface area (Å²) >= 11 is 0. The van der Waals surface area contributed by atoms with E-state index in [2.05, 4.69) is 16.6 Å². The van der Waals surface area contributed by atoms with Gasteiger partial charge in [0.1, 0.15) is 6.04 Å². The summed E-state index contributed by atoms with van der Waals surface area (Å²) in [6.45, 7) is 3.16. The Hall–Kier alpha value is -2.23. The van der Waals surface area contributed by atoms with Crippen molar-refractivity contribution in [3.63, 3.8) is 0 Å². The standard InChI is InChI=1S/C14H21N3O4/c1-3-4-12(13(19)20)16-14(21)17-7-5-11(6-8-17)9-15-10(2)18/h1,11-12H,4-9H2,2H3,(H,15,18)(H,16,21)(H,19,20). The average Bonchev–Trinajstić information content (AvgIpc) is 2.45. The number of carbonyl (C=O) groups is 3. The first-order valence-corrected chi connectivity index (χ1v) is 6.90. The van der Waals surface area contributed by atoms with Crippen LogP contribution in [0.3, 0.4) is 0 Å². The minimum atomic E-state index is -1.14. The number of nitrogens with one attached hydrogen (secondary N) is 2. The highest BCUT2D eigenvalue weighted by Crippen LogP contribution is 2.16. The Morgan fingerprint density at radius 3 is 2.48 bits per heavy atom. The van der Waals surface area contributed by atoms with E-state index in [1.165, 1.54) is 6.92 Å². The molecular weight excluding hydrogens is 274 g/mol. The number of hydrogen-bond acceptors (Lipinski definition) is 3. The first-order chi connectivity index (χ1) is 9.93. The normalized spacial score (nSPS) is 16.7. The fourth-order valence-corrected chi connectivity index (χ4v) is 2.19. The number of amides is 3. The summed E-state index contributed by atoms with van der Waals surface area (Å²) in [5, 5.41) is 14.1. The molecule has 1 saturated heterocycles. The average molecular weight is 295 g/mol. The van der Waals surface area contributed by atoms with Gasteiger partial charge in [0.15, 0.2) is 0 Å². The van der Waals surface area contributed by atoms with Gasteiger partial charge in [0.05, 0.1) is 0 Å². The van der Waals surface area contributed by atoms with Crippen molar-refractivity contribution in [2.24, 2.45) is 5.92 Å². The highest BCUT2D eigenvalue weighted by molar-refractivity contribution is 5.82. The van der Waals surface area contributed by atoms with E-state index in [1.807, 2.05) is 0 Å². The van der Waals surface area contributed by atoms with Crippen LogP contribution in [0.15, 0.2) is 0 Å². The molecule has 0 bridgehead atoms. The Balaban J connectivity index is 2.39. The third-order valence-corrected chi connectivity index (χ3v) is 3.46. The maximum Gasteiger partial charge on any atom is 0.327 e. The fraction of sp³-hybridized carbons (Fsp3) is 0.643. The molecule has 3 N–H and O–H groups in total. The molecule has 0 aromatic rings. The Kier molecular flexibility index (Phi) is 6.53. The number of aliphatic carboxylic acids is 1. The van der Waals surface area contributed by atoms with Gasteiger partial charge in [-0.15, -0.1) is 12.3 Å². The molecule has 0 saturated carbocycles. The second-order valence-corrected chi connectivity index (χ2v) is 5.12. The van der Waals surface area contributed by atoms with Gasteiger partial charge in [-0.05, 0) is 18.8 Å². The van der Waals surface area contributed by atoms with E-state index in [-0.39, 0.29) is 12.3 Å². The number of carbonyl (C=O) groups excluding carboxylic acids is 2. The SMILES string of the molecule is C#CCC(NC(=O)N1CCC(CNC(C)=O)CC1)C(=O)O. The van der Waals surface area contributed by atoms with Gasteiger partial charge in [-0.2, -0.15) is 0 Å². The van der Waals surface area contributed by atoms with Gasteiger partial charge in [-0.1, -0.05) is 0 Å². The van der Waals surface area contributed by atoms with Crippen LogP contribution in [-0.2, 0) is 9.59 Å². The summed E-state index contributed by atoms with van der Waals surface area (Å²) in [4.78, 5) is 35.3. The zero-order valence-electron chi connectivity index (χ0n) is 12.1. The molecule has 1 heterocycles. The largest absolute Gasteiger partial charge is 0.480 e. The summed E-state index contributed by atoms with van der Waals surface area (Å²) in [5.41, 5.74) is 0. The van der Waals surface area contributed by atoms with Crippen molar-refractivity contribution in [2.75, 3.05) is 19.6 Å². The summed E-state index contributed by atoms with van der Waals surface area (Å²) in [7, 11) is 0. The molecule has 0 aromatic carbocycles. The molecular formula is C14H21N3O4. The topological polar surface area (TPSA) is 98.7 Å². The third kappa shape index (κ3) is 5.73. The quantitative estimate of drug-likeness (QED) is 0.623. The van der Waals surface area contributed by atoms with Crippen LogP contribution in [0.25, 0.3) is 0 Å². The lowest BCUT2D eigenvalue weighted by molar-refractivity contribution is -0.139. The zero-order chi connectivity index (χ0) is 15.8. The van der Waals surface area contributed by atoms with E-state index < -0.39 is 18.0 Å². The number of urea groups is 1. The predicted octanol–water partition coefficient (Wildman–Crippen LogP) is 0.0206. The number of carboxylic acids is 1. The first-order valence-electron chi connectivity index (χ1n) is 6.90. The van der Waals surface area contributed by atoms with Crippen molar-refractivity contribution in [1.82, 2.24) is 15.5 Å². The monoisotopic (exact) mass is 295 g/mol. The van der Waals surface area contributed by atoms with Crippen LogP contribution >= 0.6 is 0 Å². The van der Waals surface area contributed by atoms with Crippen LogP contribution in [0.2, 0.25) is 0 Å². The molecule has 0 aromatic heterocycles. The van der Waals surface area contributed by atoms with Crippen molar-refractivity contribution in [2.45, 2.75) is 32.2 Å². The van der Waals surface area contributed by atoms with Crippen molar-refractivity contribution in [3.8, 4) is 12.3 Å². The molecule has 0 radical (unpaired) electrons. The number of nitrogens with zero attached hydrogens (tertiary/aromatic N) is 1. The maximum absolute atomic E-state index is 12.0. The Morgan fingerprint density at radius 1 is 1.38 bits per heavy atom. The number of hydrogen-bond donors (Lipinski definition) is 3. The molecule has 1 atom stereocenters. The summed E-state index contributed by atoms with van der Waals surface area (Å²) in [6.07, 6.45) is 6.60. The predicted molar refractivity (Wildman–Crippen MR) is 76.4 cm³/mol. The molecule has 1 unspecified atom stereocenters. The lowest BCUT2D eigenvalue weighted by atomic mass is 9.97. The van der Waals surface area contributed by atoms with E-state index in [1.54, 1.807) is 4.90 Å². The Bertz CT molecular complexity index is 436. The maximum atomic E-state index is 12.0. The lowest BCUT2D eigenvalue weighted by Gasteiger charge is -2.32. The first kappa shape index (κ1) is 16.8. The number of rotatable bonds is 5. The van der Waals surface area contributed by atoms with Gasteiger partial charge in [-0.25, -0.2) is 9.59 Å². The van der Waals surface area contributed by atoms with E-state index in [0.717, 1.165) is 12.8 Å². The van der Waals surface area contributed by atoms with Crippen molar-refractivity contribution >= 4 is 17.9 Å². The molecule has 21 heavy (non-hydrogen) atoms. The van der Waals surface area contributed by atoms with Crippen LogP contribution in [0.1, 0.15) is 26.2 Å². The molecule has 1 aliphatic rings. The molecule has 1 fully saturated rings. The Morgan fingerprint density at radius 2 is 2.00 bits per heavy atom. The molecule has 7 nitrogen and oxygen atoms in total. The smallest absolute Gasteiger partial charge is 0.327 e. The van der Waals surface area contributed by atoms with Gasteiger partial charge in [0.2, 0.25) is 5.91 Å². The second-order valence-electron chi connectivity index (χ2n) is 5.12. The fourth-order valence-electron chi connectivity index (χ4n) is 2.19. The van der Waals surface area contributed by atoms with Gasteiger partial charge < -0.3 is 20.6 Å². The Labute approximate surface area is 124 Å². The number of carboxylic acid groups (broad SMARTS) is 1. The van der Waals surface area contributed by atoms with Crippen molar-refractivity contribution < 1.29 is 19.5 Å². The molecule has 116 valence electrons. The second kappa shape index (κ2) is 8.15. The number of likely N-dealkylation sites (tertiary alicyclic amines) is 1. The molecule has 0 spiro atoms. The van der Waals surface area contributed by atoms with Gasteiger partial charge in [0, 0.05) is 33.0 Å². The van der Waals surface area contributed by atoms with E-state index in [9.17, 15) is 14.4 Å². The zero-order valence-corrected chi connectivity index (χ0v) is 12.1. The van der Waals surface area contributed by atoms with Crippen LogP contribution in [0.5, 0.6) is 0 Å². The summed E-state index contributed by atoms with van der Waals surface area (Å²) in [5.74, 6) is 1.39. The lowest BCUT2D eigenvalue weighted by Crippen LogP contribution is -2.50. The number of terminal acetylenes is 1. The van der Waals surface area contributed by atoms with Crippen LogP contribution in [0.4, 0.5) is 4.79 Å². The summed E-state index contributed by atoms with van der Waals surface area (Å²) in [6, 6.07) is -1.46. The third-order valence-electron chi connectivity index (χ3n) is 3.46. The molecule has 3 amide bonds. The van der Waals surface area contributed by atoms with Crippen LogP contribution in [0, 0.1) is 18.3 Å². The molecule has 1 rings (SSSR count). The van der Waals surface area contributed by atoms with E-state index in [4.69, 9.17) is 11.5 Å². The van der Waals surface area contributed by atoms with Gasteiger partial charge >= 0.3 is 12.0 Å². The van der Waals surface area contributed by atoms with E-state index in [0.29, 0.717) is 25.6 Å². The highest BCUT2D eigenvalue weighted by Gasteiger charge is 2.26. The number of piperidine rings is 1. The minimum absolute atomic E-state index is 0.0416. The molecule has 7 heteroatoms. The van der Waals surface area contributed by atoms with Crippen LogP contribution in [-0.4, -0.2) is 53.6 Å².